The number of ether oxygens (including phenoxy) is 1. The number of hydrogen-bond acceptors (Lipinski definition) is 3. The Bertz CT molecular complexity index is 210. The fraction of sp³-hybridized carbons (Fsp3) is 0.900. The summed E-state index contributed by atoms with van der Waals surface area (Å²) in [6.07, 6.45) is 0.576. The zero-order valence-corrected chi connectivity index (χ0v) is 10.5. The lowest BCUT2D eigenvalue weighted by molar-refractivity contribution is -0.145. The van der Waals surface area contributed by atoms with E-state index in [0.717, 1.165) is 13.1 Å². The largest absolute Gasteiger partial charge is 0.372 e. The monoisotopic (exact) mass is 236 g/mol. The fourth-order valence-corrected chi connectivity index (χ4v) is 1.62. The van der Waals surface area contributed by atoms with Crippen LogP contribution in [-0.2, 0) is 9.53 Å². The second-order valence-corrected chi connectivity index (χ2v) is 4.28. The van der Waals surface area contributed by atoms with E-state index < -0.39 is 0 Å². The molecule has 0 bridgehead atoms. The summed E-state index contributed by atoms with van der Waals surface area (Å²) < 4.78 is 5.54. The summed E-state index contributed by atoms with van der Waals surface area (Å²) in [5.74, 6) is 0.218. The molecule has 15 heavy (non-hydrogen) atoms. The zero-order valence-electron chi connectivity index (χ0n) is 9.71. The number of nitrogens with zero attached hydrogens (tertiary/aromatic N) is 1. The Morgan fingerprint density at radius 3 is 2.73 bits per heavy atom. The van der Waals surface area contributed by atoms with Gasteiger partial charge in [-0.15, -0.1) is 12.4 Å². The molecule has 0 saturated carbocycles. The smallest absolute Gasteiger partial charge is 0.224 e. The van der Waals surface area contributed by atoms with Crippen LogP contribution >= 0.6 is 12.4 Å². The van der Waals surface area contributed by atoms with E-state index in [9.17, 15) is 4.79 Å². The lowest BCUT2D eigenvalue weighted by Crippen LogP contribution is -2.50. The maximum Gasteiger partial charge on any atom is 0.224 e. The zero-order chi connectivity index (χ0) is 10.6. The molecule has 0 atom stereocenters. The summed E-state index contributed by atoms with van der Waals surface area (Å²) in [7, 11) is 1.86. The second kappa shape index (κ2) is 6.30. The molecule has 1 aliphatic heterocycles. The normalized spacial score (nSPS) is 19.5. The van der Waals surface area contributed by atoms with Crippen LogP contribution in [0.2, 0.25) is 0 Å². The number of amides is 1. The highest BCUT2D eigenvalue weighted by Gasteiger charge is 2.29. The first-order valence-electron chi connectivity index (χ1n) is 5.11. The maximum atomic E-state index is 11.7. The molecule has 1 fully saturated rings. The SMILES string of the molecule is CNCCC(=O)N1CCOC(C)(C)C1.Cl. The van der Waals surface area contributed by atoms with Crippen molar-refractivity contribution in [1.82, 2.24) is 10.2 Å². The summed E-state index contributed by atoms with van der Waals surface area (Å²) in [4.78, 5) is 13.6. The van der Waals surface area contributed by atoms with E-state index in [2.05, 4.69) is 5.32 Å². The Labute approximate surface area is 97.8 Å². The third-order valence-corrected chi connectivity index (χ3v) is 2.37. The molecule has 1 N–H and O–H groups in total. The van der Waals surface area contributed by atoms with Gasteiger partial charge < -0.3 is 15.0 Å². The van der Waals surface area contributed by atoms with Gasteiger partial charge in [0.15, 0.2) is 0 Å². The molecule has 1 rings (SSSR count). The van der Waals surface area contributed by atoms with Crippen LogP contribution in [-0.4, -0.2) is 49.7 Å². The van der Waals surface area contributed by atoms with Crippen LogP contribution in [0.15, 0.2) is 0 Å². The molecule has 0 unspecified atom stereocenters. The molecule has 0 radical (unpaired) electrons. The molecule has 0 aliphatic carbocycles. The van der Waals surface area contributed by atoms with Gasteiger partial charge in [-0.1, -0.05) is 0 Å². The van der Waals surface area contributed by atoms with E-state index in [1.54, 1.807) is 0 Å². The Morgan fingerprint density at radius 2 is 2.20 bits per heavy atom. The van der Waals surface area contributed by atoms with E-state index in [1.807, 2.05) is 25.8 Å². The number of rotatable bonds is 3. The predicted molar refractivity (Wildman–Crippen MR) is 62.4 cm³/mol. The van der Waals surface area contributed by atoms with Crippen LogP contribution in [0.1, 0.15) is 20.3 Å². The number of morpholine rings is 1. The Balaban J connectivity index is 0.00000196. The van der Waals surface area contributed by atoms with Crippen molar-refractivity contribution >= 4 is 18.3 Å². The van der Waals surface area contributed by atoms with Crippen molar-refractivity contribution < 1.29 is 9.53 Å². The molecule has 0 aromatic carbocycles. The third-order valence-electron chi connectivity index (χ3n) is 2.37. The first kappa shape index (κ1) is 14.7. The van der Waals surface area contributed by atoms with Gasteiger partial charge in [-0.3, -0.25) is 4.79 Å². The number of hydrogen-bond donors (Lipinski definition) is 1. The number of halogens is 1. The molecule has 0 aromatic rings. The standard InChI is InChI=1S/C10H20N2O2.ClH/c1-10(2)8-12(6-7-14-10)9(13)4-5-11-3;/h11H,4-8H2,1-3H3;1H. The minimum absolute atomic E-state index is 0. The molecule has 5 heteroatoms. The molecule has 1 amide bonds. The molecule has 1 heterocycles. The average Bonchev–Trinajstić information content (AvgIpc) is 2.12. The van der Waals surface area contributed by atoms with Gasteiger partial charge in [-0.05, 0) is 20.9 Å². The summed E-state index contributed by atoms with van der Waals surface area (Å²) in [5.41, 5.74) is -0.187. The van der Waals surface area contributed by atoms with E-state index >= 15 is 0 Å². The van der Waals surface area contributed by atoms with Crippen molar-refractivity contribution in [2.45, 2.75) is 25.9 Å². The number of nitrogens with one attached hydrogen (secondary N) is 1. The van der Waals surface area contributed by atoms with Crippen LogP contribution in [0.3, 0.4) is 0 Å². The van der Waals surface area contributed by atoms with Gasteiger partial charge in [-0.25, -0.2) is 0 Å². The first-order chi connectivity index (χ1) is 6.55. The summed E-state index contributed by atoms with van der Waals surface area (Å²) in [6, 6.07) is 0. The Hall–Kier alpha value is -0.320. The molecule has 0 spiro atoms. The van der Waals surface area contributed by atoms with Crippen LogP contribution < -0.4 is 5.32 Å². The van der Waals surface area contributed by atoms with Crippen LogP contribution in [0.5, 0.6) is 0 Å². The Kier molecular flexibility index (Phi) is 6.17. The van der Waals surface area contributed by atoms with Gasteiger partial charge in [0.05, 0.1) is 12.2 Å². The summed E-state index contributed by atoms with van der Waals surface area (Å²) in [5, 5.41) is 2.98. The molecular formula is C10H21ClN2O2. The van der Waals surface area contributed by atoms with E-state index in [-0.39, 0.29) is 23.9 Å². The third kappa shape index (κ3) is 4.82. The summed E-state index contributed by atoms with van der Waals surface area (Å²) in [6.45, 7) is 6.87. The van der Waals surface area contributed by atoms with Crippen molar-refractivity contribution in [3.8, 4) is 0 Å². The van der Waals surface area contributed by atoms with Crippen LogP contribution in [0.25, 0.3) is 0 Å². The second-order valence-electron chi connectivity index (χ2n) is 4.28. The predicted octanol–water partition coefficient (Wildman–Crippen LogP) is 0.655. The maximum absolute atomic E-state index is 11.7. The highest BCUT2D eigenvalue weighted by Crippen LogP contribution is 2.16. The lowest BCUT2D eigenvalue weighted by Gasteiger charge is -2.38. The molecule has 1 aliphatic rings. The quantitative estimate of drug-likeness (QED) is 0.783. The number of carbonyl (C=O) groups is 1. The average molecular weight is 237 g/mol. The minimum atomic E-state index is -0.187. The first-order valence-corrected chi connectivity index (χ1v) is 5.11. The van der Waals surface area contributed by atoms with Gasteiger partial charge in [0, 0.05) is 26.1 Å². The van der Waals surface area contributed by atoms with Crippen molar-refractivity contribution in [1.29, 1.82) is 0 Å². The Morgan fingerprint density at radius 1 is 1.53 bits per heavy atom. The highest BCUT2D eigenvalue weighted by atomic mass is 35.5. The molecule has 0 aromatic heterocycles. The molecule has 4 nitrogen and oxygen atoms in total. The number of carbonyl (C=O) groups excluding carboxylic acids is 1. The highest BCUT2D eigenvalue weighted by molar-refractivity contribution is 5.85. The van der Waals surface area contributed by atoms with Gasteiger partial charge >= 0.3 is 0 Å². The van der Waals surface area contributed by atoms with Crippen LogP contribution in [0.4, 0.5) is 0 Å². The van der Waals surface area contributed by atoms with E-state index in [0.29, 0.717) is 19.6 Å². The van der Waals surface area contributed by atoms with Crippen molar-refractivity contribution in [2.24, 2.45) is 0 Å². The van der Waals surface area contributed by atoms with Crippen LogP contribution in [0, 0.1) is 0 Å². The minimum Gasteiger partial charge on any atom is -0.372 e. The molecular weight excluding hydrogens is 216 g/mol. The molecule has 1 saturated heterocycles. The topological polar surface area (TPSA) is 41.6 Å². The fourth-order valence-electron chi connectivity index (χ4n) is 1.62. The van der Waals surface area contributed by atoms with Crippen molar-refractivity contribution in [3.05, 3.63) is 0 Å². The van der Waals surface area contributed by atoms with E-state index in [4.69, 9.17) is 4.74 Å². The summed E-state index contributed by atoms with van der Waals surface area (Å²) >= 11 is 0. The van der Waals surface area contributed by atoms with Crippen molar-refractivity contribution in [2.75, 3.05) is 33.3 Å². The van der Waals surface area contributed by atoms with Gasteiger partial charge in [0.2, 0.25) is 5.91 Å². The lowest BCUT2D eigenvalue weighted by atomic mass is 10.1. The van der Waals surface area contributed by atoms with Gasteiger partial charge in [-0.2, -0.15) is 0 Å². The van der Waals surface area contributed by atoms with E-state index in [1.165, 1.54) is 0 Å². The van der Waals surface area contributed by atoms with Gasteiger partial charge in [0.1, 0.15) is 0 Å². The van der Waals surface area contributed by atoms with Gasteiger partial charge in [0.25, 0.3) is 0 Å². The molecule has 90 valence electrons. The van der Waals surface area contributed by atoms with Crippen molar-refractivity contribution in [3.63, 3.8) is 0 Å².